The largest absolute Gasteiger partial charge is 0.304 e. The number of imide groups is 1. The van der Waals surface area contributed by atoms with E-state index in [9.17, 15) is 9.59 Å². The van der Waals surface area contributed by atoms with Gasteiger partial charge in [-0.2, -0.15) is 0 Å². The minimum Gasteiger partial charge on any atom is -0.304 e. The molecule has 5 rings (SSSR count). The van der Waals surface area contributed by atoms with Crippen molar-refractivity contribution in [2.45, 2.75) is 40.8 Å². The third-order valence-corrected chi connectivity index (χ3v) is 8.96. The maximum atomic E-state index is 12.9. The molecule has 3 aromatic heterocycles. The molecule has 1 unspecified atom stereocenters. The van der Waals surface area contributed by atoms with Crippen LogP contribution >= 0.6 is 11.3 Å². The Morgan fingerprint density at radius 2 is 1.77 bits per heavy atom. The SMILES string of the molecule is Cc1ccnc(-c2ccnc3cc(CN4C(=O)C(C)C(C)(C)C4=O)sc23)c1CN1CCN(C)CC1. The second-order valence-corrected chi connectivity index (χ2v) is 11.6. The predicted molar refractivity (Wildman–Crippen MR) is 139 cm³/mol. The van der Waals surface area contributed by atoms with Gasteiger partial charge in [-0.1, -0.05) is 20.8 Å². The molecular formula is C27H33N5O2S. The van der Waals surface area contributed by atoms with Crippen LogP contribution in [0.5, 0.6) is 0 Å². The summed E-state index contributed by atoms with van der Waals surface area (Å²) >= 11 is 1.60. The average Bonchev–Trinajstić information content (AvgIpc) is 3.31. The van der Waals surface area contributed by atoms with E-state index in [2.05, 4.69) is 34.8 Å². The summed E-state index contributed by atoms with van der Waals surface area (Å²) in [6, 6.07) is 6.13. The molecule has 0 aromatic carbocycles. The Labute approximate surface area is 210 Å². The monoisotopic (exact) mass is 491 g/mol. The molecule has 2 saturated heterocycles. The Hall–Kier alpha value is -2.68. The van der Waals surface area contributed by atoms with Crippen molar-refractivity contribution in [2.75, 3.05) is 33.2 Å². The van der Waals surface area contributed by atoms with Crippen LogP contribution in [-0.4, -0.2) is 69.7 Å². The molecule has 0 spiro atoms. The van der Waals surface area contributed by atoms with E-state index in [0.29, 0.717) is 6.54 Å². The summed E-state index contributed by atoms with van der Waals surface area (Å²) in [6.45, 7) is 13.1. The number of hydrogen-bond acceptors (Lipinski definition) is 7. The zero-order chi connectivity index (χ0) is 24.9. The molecule has 0 aliphatic carbocycles. The summed E-state index contributed by atoms with van der Waals surface area (Å²) in [6.07, 6.45) is 3.71. The number of aryl methyl sites for hydroxylation is 1. The third-order valence-electron chi connectivity index (χ3n) is 7.82. The standard InChI is InChI=1S/C27H33N5O2S/c1-17-6-8-29-23(21(17)16-31-12-10-30(5)11-13-31)20-7-9-28-22-14-19(35-24(20)22)15-32-25(33)18(2)27(3,4)26(32)34/h6-9,14,18H,10-13,15-16H2,1-5H3. The van der Waals surface area contributed by atoms with Crippen LogP contribution in [0.3, 0.4) is 0 Å². The molecule has 0 bridgehead atoms. The van der Waals surface area contributed by atoms with Gasteiger partial charge in [0.25, 0.3) is 0 Å². The molecule has 1 atom stereocenters. The van der Waals surface area contributed by atoms with Crippen LogP contribution in [0.15, 0.2) is 30.6 Å². The molecule has 0 radical (unpaired) electrons. The van der Waals surface area contributed by atoms with Gasteiger partial charge in [-0.3, -0.25) is 29.4 Å². The first-order valence-electron chi connectivity index (χ1n) is 12.3. The lowest BCUT2D eigenvalue weighted by atomic mass is 9.82. The molecule has 2 aliphatic rings. The fraction of sp³-hybridized carbons (Fsp3) is 0.481. The van der Waals surface area contributed by atoms with E-state index in [-0.39, 0.29) is 17.7 Å². The lowest BCUT2D eigenvalue weighted by Gasteiger charge is -2.33. The number of fused-ring (bicyclic) bond motifs is 1. The molecule has 2 aliphatic heterocycles. The summed E-state index contributed by atoms with van der Waals surface area (Å²) in [5.41, 5.74) is 4.75. The number of hydrogen-bond donors (Lipinski definition) is 0. The number of aromatic nitrogens is 2. The summed E-state index contributed by atoms with van der Waals surface area (Å²) in [5.74, 6) is -0.511. The highest BCUT2D eigenvalue weighted by molar-refractivity contribution is 7.19. The number of likely N-dealkylation sites (N-methyl/N-ethyl adjacent to an activating group) is 1. The average molecular weight is 492 g/mol. The van der Waals surface area contributed by atoms with E-state index in [1.807, 2.05) is 45.3 Å². The molecule has 2 amide bonds. The van der Waals surface area contributed by atoms with Gasteiger partial charge in [0.2, 0.25) is 11.8 Å². The maximum absolute atomic E-state index is 12.9. The summed E-state index contributed by atoms with van der Waals surface area (Å²) in [7, 11) is 2.17. The van der Waals surface area contributed by atoms with Crippen molar-refractivity contribution in [1.29, 1.82) is 0 Å². The fourth-order valence-electron chi connectivity index (χ4n) is 4.98. The summed E-state index contributed by atoms with van der Waals surface area (Å²) < 4.78 is 1.05. The van der Waals surface area contributed by atoms with Crippen molar-refractivity contribution in [3.8, 4) is 11.3 Å². The first-order valence-corrected chi connectivity index (χ1v) is 13.1. The number of likely N-dealkylation sites (tertiary alicyclic amines) is 1. The highest BCUT2D eigenvalue weighted by atomic mass is 32.1. The van der Waals surface area contributed by atoms with E-state index in [4.69, 9.17) is 4.98 Å². The van der Waals surface area contributed by atoms with Crippen molar-refractivity contribution in [3.05, 3.63) is 46.6 Å². The van der Waals surface area contributed by atoms with Crippen molar-refractivity contribution in [1.82, 2.24) is 24.7 Å². The predicted octanol–water partition coefficient (Wildman–Crippen LogP) is 3.95. The Morgan fingerprint density at radius 3 is 2.46 bits per heavy atom. The zero-order valence-electron chi connectivity index (χ0n) is 21.2. The number of thiophene rings is 1. The van der Waals surface area contributed by atoms with Crippen LogP contribution in [0.2, 0.25) is 0 Å². The van der Waals surface area contributed by atoms with Gasteiger partial charge >= 0.3 is 0 Å². The molecule has 184 valence electrons. The summed E-state index contributed by atoms with van der Waals surface area (Å²) in [5, 5.41) is 0. The molecule has 8 heteroatoms. The Balaban J connectivity index is 1.49. The Kier molecular flexibility index (Phi) is 6.23. The number of carbonyl (C=O) groups excluding carboxylic acids is 2. The number of piperazine rings is 1. The van der Waals surface area contributed by atoms with Crippen molar-refractivity contribution in [3.63, 3.8) is 0 Å². The summed E-state index contributed by atoms with van der Waals surface area (Å²) in [4.78, 5) is 42.4. The molecule has 35 heavy (non-hydrogen) atoms. The molecule has 5 heterocycles. The number of rotatable bonds is 5. The number of pyridine rings is 2. The van der Waals surface area contributed by atoms with Gasteiger partial charge in [0.05, 0.1) is 27.9 Å². The quantitative estimate of drug-likeness (QED) is 0.504. The number of carbonyl (C=O) groups is 2. The van der Waals surface area contributed by atoms with E-state index in [1.54, 1.807) is 11.3 Å². The van der Waals surface area contributed by atoms with Crippen LogP contribution < -0.4 is 0 Å². The van der Waals surface area contributed by atoms with E-state index >= 15 is 0 Å². The van der Waals surface area contributed by atoms with Gasteiger partial charge in [-0.25, -0.2) is 0 Å². The number of nitrogens with zero attached hydrogens (tertiary/aromatic N) is 5. The van der Waals surface area contributed by atoms with E-state index in [1.165, 1.54) is 16.0 Å². The first kappa shape index (κ1) is 24.0. The van der Waals surface area contributed by atoms with Crippen molar-refractivity contribution in [2.24, 2.45) is 11.3 Å². The molecular weight excluding hydrogens is 458 g/mol. The smallest absolute Gasteiger partial charge is 0.235 e. The fourth-order valence-corrected chi connectivity index (χ4v) is 6.10. The number of amides is 2. The minimum absolute atomic E-state index is 0.0968. The van der Waals surface area contributed by atoms with Crippen LogP contribution in [0.4, 0.5) is 0 Å². The van der Waals surface area contributed by atoms with Gasteiger partial charge in [0, 0.05) is 61.5 Å². The van der Waals surface area contributed by atoms with Gasteiger partial charge in [-0.05, 0) is 43.3 Å². The van der Waals surface area contributed by atoms with Crippen LogP contribution in [0, 0.1) is 18.3 Å². The highest BCUT2D eigenvalue weighted by Gasteiger charge is 2.51. The second-order valence-electron chi connectivity index (χ2n) is 10.5. The maximum Gasteiger partial charge on any atom is 0.235 e. The van der Waals surface area contributed by atoms with Crippen molar-refractivity contribution >= 4 is 33.4 Å². The molecule has 0 saturated carbocycles. The Morgan fingerprint density at radius 1 is 1.06 bits per heavy atom. The minimum atomic E-state index is -0.666. The van der Waals surface area contributed by atoms with Gasteiger partial charge < -0.3 is 4.90 Å². The highest BCUT2D eigenvalue weighted by Crippen LogP contribution is 2.40. The normalized spacial score (nSPS) is 21.4. The topological polar surface area (TPSA) is 69.6 Å². The zero-order valence-corrected chi connectivity index (χ0v) is 22.0. The van der Waals surface area contributed by atoms with E-state index in [0.717, 1.165) is 59.1 Å². The molecule has 2 fully saturated rings. The van der Waals surface area contributed by atoms with Gasteiger partial charge in [0.1, 0.15) is 0 Å². The van der Waals surface area contributed by atoms with E-state index < -0.39 is 5.41 Å². The molecule has 7 nitrogen and oxygen atoms in total. The lowest BCUT2D eigenvalue weighted by Crippen LogP contribution is -2.44. The van der Waals surface area contributed by atoms with Gasteiger partial charge in [-0.15, -0.1) is 11.3 Å². The third kappa shape index (κ3) is 4.28. The van der Waals surface area contributed by atoms with Gasteiger partial charge in [0.15, 0.2) is 0 Å². The van der Waals surface area contributed by atoms with Crippen LogP contribution in [-0.2, 0) is 22.7 Å². The molecule has 0 N–H and O–H groups in total. The lowest BCUT2D eigenvalue weighted by molar-refractivity contribution is -0.141. The van der Waals surface area contributed by atoms with Crippen LogP contribution in [0.25, 0.3) is 21.5 Å². The first-order chi connectivity index (χ1) is 16.7. The second kappa shape index (κ2) is 9.08. The molecule has 3 aromatic rings. The van der Waals surface area contributed by atoms with Crippen molar-refractivity contribution < 1.29 is 9.59 Å². The Bertz CT molecular complexity index is 1290. The van der Waals surface area contributed by atoms with Crippen LogP contribution in [0.1, 0.15) is 36.8 Å².